The number of piperidine rings is 1. The van der Waals surface area contributed by atoms with Crippen molar-refractivity contribution in [1.82, 2.24) is 15.2 Å². The van der Waals surface area contributed by atoms with Gasteiger partial charge in [0.15, 0.2) is 11.5 Å². The Morgan fingerprint density at radius 3 is 2.66 bits per heavy atom. The van der Waals surface area contributed by atoms with Gasteiger partial charge in [0.05, 0.1) is 6.61 Å². The van der Waals surface area contributed by atoms with Gasteiger partial charge in [-0.3, -0.25) is 0 Å². The Morgan fingerprint density at radius 1 is 1.17 bits per heavy atom. The summed E-state index contributed by atoms with van der Waals surface area (Å²) in [5, 5.41) is 3.01. The molecule has 1 fully saturated rings. The molecule has 0 saturated carbocycles. The normalized spacial score (nSPS) is 14.9. The number of carbonyl (C=O) groups excluding carboxylic acids is 1. The van der Waals surface area contributed by atoms with E-state index in [-0.39, 0.29) is 11.9 Å². The lowest BCUT2D eigenvalue weighted by Gasteiger charge is -2.30. The molecule has 3 aromatic rings. The molecular weight excluding hydrogens is 366 g/mol. The number of hydrogen-bond acceptors (Lipinski definition) is 4. The van der Waals surface area contributed by atoms with E-state index in [0.717, 1.165) is 54.2 Å². The maximum absolute atomic E-state index is 12.5. The van der Waals surface area contributed by atoms with Crippen molar-refractivity contribution in [3.05, 3.63) is 60.0 Å². The van der Waals surface area contributed by atoms with Gasteiger partial charge in [-0.05, 0) is 49.1 Å². The van der Waals surface area contributed by atoms with Crippen LogP contribution < -0.4 is 10.1 Å². The highest BCUT2D eigenvalue weighted by molar-refractivity contribution is 5.74. The zero-order valence-electron chi connectivity index (χ0n) is 16.8. The number of fused-ring (bicyclic) bond motifs is 1. The van der Waals surface area contributed by atoms with Crippen LogP contribution in [0.25, 0.3) is 11.1 Å². The second kappa shape index (κ2) is 8.99. The van der Waals surface area contributed by atoms with Gasteiger partial charge in [-0.15, -0.1) is 0 Å². The quantitative estimate of drug-likeness (QED) is 0.659. The highest BCUT2D eigenvalue weighted by Crippen LogP contribution is 2.29. The molecule has 0 atom stereocenters. The second-order valence-electron chi connectivity index (χ2n) is 7.43. The van der Waals surface area contributed by atoms with E-state index in [4.69, 9.17) is 9.15 Å². The van der Waals surface area contributed by atoms with Gasteiger partial charge in [-0.2, -0.15) is 0 Å². The molecule has 2 amide bonds. The van der Waals surface area contributed by atoms with Crippen LogP contribution in [-0.4, -0.2) is 35.6 Å². The van der Waals surface area contributed by atoms with Crippen LogP contribution in [0.1, 0.15) is 43.6 Å². The minimum atomic E-state index is -0.0210. The number of likely N-dealkylation sites (tertiary alicyclic amines) is 1. The molecule has 1 aliphatic rings. The van der Waals surface area contributed by atoms with Crippen LogP contribution in [0.5, 0.6) is 5.75 Å². The van der Waals surface area contributed by atoms with Crippen molar-refractivity contribution in [2.45, 2.75) is 38.6 Å². The van der Waals surface area contributed by atoms with Crippen molar-refractivity contribution in [1.29, 1.82) is 0 Å². The van der Waals surface area contributed by atoms with E-state index in [1.165, 1.54) is 0 Å². The Hall–Kier alpha value is -3.02. The first-order chi connectivity index (χ1) is 14.2. The smallest absolute Gasteiger partial charge is 0.317 e. The molecule has 0 bridgehead atoms. The third kappa shape index (κ3) is 4.70. The van der Waals surface area contributed by atoms with Crippen LogP contribution in [0.4, 0.5) is 4.79 Å². The highest BCUT2D eigenvalue weighted by atomic mass is 16.5. The van der Waals surface area contributed by atoms with Gasteiger partial charge >= 0.3 is 6.03 Å². The lowest BCUT2D eigenvalue weighted by Crippen LogP contribution is -2.43. The summed E-state index contributed by atoms with van der Waals surface area (Å²) in [6, 6.07) is 15.7. The Labute approximate surface area is 170 Å². The third-order valence-corrected chi connectivity index (χ3v) is 5.28. The van der Waals surface area contributed by atoms with Gasteiger partial charge in [-0.1, -0.05) is 31.2 Å². The number of aromatic nitrogens is 1. The maximum Gasteiger partial charge on any atom is 0.317 e. The topological polar surface area (TPSA) is 67.6 Å². The molecule has 1 aromatic heterocycles. The van der Waals surface area contributed by atoms with Crippen LogP contribution >= 0.6 is 0 Å². The van der Waals surface area contributed by atoms with Crippen LogP contribution in [0.3, 0.4) is 0 Å². The number of para-hydroxylation sites is 2. The van der Waals surface area contributed by atoms with Crippen LogP contribution in [0.15, 0.2) is 52.9 Å². The highest BCUT2D eigenvalue weighted by Gasteiger charge is 2.26. The largest absolute Gasteiger partial charge is 0.494 e. The Bertz CT molecular complexity index is 910. The number of ether oxygens (including phenoxy) is 1. The predicted molar refractivity (Wildman–Crippen MR) is 112 cm³/mol. The molecule has 1 aliphatic heterocycles. The summed E-state index contributed by atoms with van der Waals surface area (Å²) in [5.41, 5.74) is 2.78. The fourth-order valence-corrected chi connectivity index (χ4v) is 3.61. The number of benzene rings is 2. The first-order valence-corrected chi connectivity index (χ1v) is 10.3. The summed E-state index contributed by atoms with van der Waals surface area (Å²) < 4.78 is 11.5. The van der Waals surface area contributed by atoms with E-state index in [9.17, 15) is 4.79 Å². The van der Waals surface area contributed by atoms with Gasteiger partial charge in [0.25, 0.3) is 0 Å². The van der Waals surface area contributed by atoms with Crippen LogP contribution in [0.2, 0.25) is 0 Å². The molecule has 1 N–H and O–H groups in total. The summed E-state index contributed by atoms with van der Waals surface area (Å²) in [4.78, 5) is 19.0. The van der Waals surface area contributed by atoms with Crippen molar-refractivity contribution in [2.24, 2.45) is 0 Å². The van der Waals surface area contributed by atoms with Gasteiger partial charge in [0.2, 0.25) is 0 Å². The second-order valence-corrected chi connectivity index (χ2v) is 7.43. The van der Waals surface area contributed by atoms with E-state index in [1.807, 2.05) is 53.4 Å². The average molecular weight is 393 g/mol. The summed E-state index contributed by atoms with van der Waals surface area (Å²) in [6.07, 6.45) is 2.72. The Balaban J connectivity index is 1.25. The lowest BCUT2D eigenvalue weighted by atomic mass is 9.97. The molecule has 0 unspecified atom stereocenters. The molecule has 29 heavy (non-hydrogen) atoms. The fraction of sp³-hybridized carbons (Fsp3) is 0.391. The molecular formula is C23H27N3O3. The van der Waals surface area contributed by atoms with Crippen LogP contribution in [-0.2, 0) is 6.54 Å². The summed E-state index contributed by atoms with van der Waals surface area (Å²) in [7, 11) is 0. The first-order valence-electron chi connectivity index (χ1n) is 10.3. The molecule has 1 saturated heterocycles. The van der Waals surface area contributed by atoms with Crippen molar-refractivity contribution in [2.75, 3.05) is 19.7 Å². The van der Waals surface area contributed by atoms with Crippen molar-refractivity contribution in [3.63, 3.8) is 0 Å². The van der Waals surface area contributed by atoms with E-state index in [0.29, 0.717) is 19.6 Å². The van der Waals surface area contributed by atoms with E-state index < -0.39 is 0 Å². The fourth-order valence-electron chi connectivity index (χ4n) is 3.61. The first kappa shape index (κ1) is 19.3. The molecule has 0 aliphatic carbocycles. The molecule has 2 aromatic carbocycles. The minimum absolute atomic E-state index is 0.0210. The number of nitrogens with zero attached hydrogens (tertiary/aromatic N) is 2. The molecule has 2 heterocycles. The zero-order chi connectivity index (χ0) is 20.1. The summed E-state index contributed by atoms with van der Waals surface area (Å²) in [5.74, 6) is 1.92. The number of amides is 2. The van der Waals surface area contributed by atoms with E-state index in [1.54, 1.807) is 0 Å². The maximum atomic E-state index is 12.5. The third-order valence-electron chi connectivity index (χ3n) is 5.28. The molecule has 0 spiro atoms. The summed E-state index contributed by atoms with van der Waals surface area (Å²) >= 11 is 0. The summed E-state index contributed by atoms with van der Waals surface area (Å²) in [6.45, 7) is 4.73. The molecule has 0 radical (unpaired) electrons. The molecule has 4 rings (SSSR count). The number of hydrogen-bond donors (Lipinski definition) is 1. The number of rotatable bonds is 6. The van der Waals surface area contributed by atoms with Crippen molar-refractivity contribution < 1.29 is 13.9 Å². The van der Waals surface area contributed by atoms with Crippen molar-refractivity contribution >= 4 is 17.1 Å². The Kier molecular flexibility index (Phi) is 5.98. The SMILES string of the molecule is CCCOc1ccc(CNC(=O)N2CCC(c3nc4ccccc4o3)CC2)cc1. The van der Waals surface area contributed by atoms with Gasteiger partial charge < -0.3 is 19.4 Å². The van der Waals surface area contributed by atoms with Gasteiger partial charge in [0, 0.05) is 25.6 Å². The standard InChI is InChI=1S/C23H27N3O3/c1-2-15-28-19-9-7-17(8-10-19)16-24-23(27)26-13-11-18(12-14-26)22-25-20-5-3-4-6-21(20)29-22/h3-10,18H,2,11-16H2,1H3,(H,24,27). The molecule has 152 valence electrons. The van der Waals surface area contributed by atoms with Gasteiger partial charge in [-0.25, -0.2) is 9.78 Å². The number of oxazole rings is 1. The molecule has 6 heteroatoms. The van der Waals surface area contributed by atoms with E-state index >= 15 is 0 Å². The zero-order valence-corrected chi connectivity index (χ0v) is 16.8. The minimum Gasteiger partial charge on any atom is -0.494 e. The number of nitrogens with one attached hydrogen (secondary N) is 1. The number of carbonyl (C=O) groups is 1. The van der Waals surface area contributed by atoms with Gasteiger partial charge in [0.1, 0.15) is 11.3 Å². The average Bonchev–Trinajstić information content (AvgIpc) is 3.21. The van der Waals surface area contributed by atoms with Crippen molar-refractivity contribution in [3.8, 4) is 5.75 Å². The predicted octanol–water partition coefficient (Wildman–Crippen LogP) is 4.71. The monoisotopic (exact) mass is 393 g/mol. The Morgan fingerprint density at radius 2 is 1.93 bits per heavy atom. The van der Waals surface area contributed by atoms with E-state index in [2.05, 4.69) is 17.2 Å². The molecule has 6 nitrogen and oxygen atoms in total. The lowest BCUT2D eigenvalue weighted by molar-refractivity contribution is 0.177. The van der Waals surface area contributed by atoms with Crippen LogP contribution in [0, 0.1) is 0 Å². The number of urea groups is 1.